The predicted octanol–water partition coefficient (Wildman–Crippen LogP) is 1.02. The summed E-state index contributed by atoms with van der Waals surface area (Å²) < 4.78 is 0. The largest absolute Gasteiger partial charge is 0.502 e. The summed E-state index contributed by atoms with van der Waals surface area (Å²) >= 11 is 0. The summed E-state index contributed by atoms with van der Waals surface area (Å²) in [5.74, 6) is -0.411. The summed E-state index contributed by atoms with van der Waals surface area (Å²) in [7, 11) is 1.65. The fourth-order valence-electron chi connectivity index (χ4n) is 1.53. The molecule has 0 saturated carbocycles. The van der Waals surface area contributed by atoms with Crippen LogP contribution in [0.5, 0.6) is 5.75 Å². The molecule has 6 heteroatoms. The number of nitrogens with one attached hydrogen (secondary N) is 1. The Kier molecular flexibility index (Phi) is 4.17. The second-order valence-electron chi connectivity index (χ2n) is 3.74. The minimum atomic E-state index is -0.652. The van der Waals surface area contributed by atoms with Crippen molar-refractivity contribution in [2.75, 3.05) is 7.05 Å². The van der Waals surface area contributed by atoms with Crippen molar-refractivity contribution in [2.24, 2.45) is 0 Å². The van der Waals surface area contributed by atoms with Gasteiger partial charge in [0, 0.05) is 6.07 Å². The summed E-state index contributed by atoms with van der Waals surface area (Å²) in [5, 5.41) is 22.7. The van der Waals surface area contributed by atoms with Crippen LogP contribution in [0.2, 0.25) is 0 Å². The molecule has 0 radical (unpaired) electrons. The Labute approximate surface area is 98.4 Å². The molecule has 0 fully saturated rings. The van der Waals surface area contributed by atoms with Gasteiger partial charge in [-0.1, -0.05) is 6.07 Å². The first-order chi connectivity index (χ1) is 7.95. The smallest absolute Gasteiger partial charge is 0.310 e. The second-order valence-corrected chi connectivity index (χ2v) is 3.74. The number of phenolic OH excluding ortho intramolecular Hbond substituents is 1. The molecule has 0 heterocycles. The van der Waals surface area contributed by atoms with E-state index in [2.05, 4.69) is 5.32 Å². The van der Waals surface area contributed by atoms with Crippen molar-refractivity contribution in [1.29, 1.82) is 0 Å². The number of hydrogen-bond acceptors (Lipinski definition) is 5. The number of aromatic hydroxyl groups is 1. The molecule has 1 aromatic carbocycles. The lowest BCUT2D eigenvalue weighted by Gasteiger charge is -2.12. The molecule has 92 valence electrons. The summed E-state index contributed by atoms with van der Waals surface area (Å²) in [5.41, 5.74) is 0.282. The fraction of sp³-hybridized carbons (Fsp3) is 0.364. The zero-order valence-electron chi connectivity index (χ0n) is 9.64. The number of ketones is 1. The maximum absolute atomic E-state index is 11.2. The van der Waals surface area contributed by atoms with Gasteiger partial charge in [0.25, 0.3) is 0 Å². The summed E-state index contributed by atoms with van der Waals surface area (Å²) in [6, 6.07) is 3.73. The van der Waals surface area contributed by atoms with Crippen LogP contribution in [0.4, 0.5) is 5.69 Å². The van der Waals surface area contributed by atoms with Crippen molar-refractivity contribution >= 4 is 11.5 Å². The van der Waals surface area contributed by atoms with Gasteiger partial charge in [-0.25, -0.2) is 0 Å². The van der Waals surface area contributed by atoms with Gasteiger partial charge < -0.3 is 10.4 Å². The number of nitro benzene ring substituents is 1. The van der Waals surface area contributed by atoms with Crippen molar-refractivity contribution in [3.05, 3.63) is 33.9 Å². The first kappa shape index (κ1) is 13.1. The van der Waals surface area contributed by atoms with E-state index in [4.69, 9.17) is 0 Å². The highest BCUT2D eigenvalue weighted by Gasteiger charge is 2.17. The van der Waals surface area contributed by atoms with E-state index < -0.39 is 4.92 Å². The van der Waals surface area contributed by atoms with E-state index in [-0.39, 0.29) is 23.3 Å². The third kappa shape index (κ3) is 3.25. The first-order valence-corrected chi connectivity index (χ1v) is 5.09. The molecule has 0 aliphatic heterocycles. The maximum atomic E-state index is 11.2. The van der Waals surface area contributed by atoms with Gasteiger partial charge in [0.15, 0.2) is 5.75 Å². The molecule has 0 aromatic heterocycles. The Bertz CT molecular complexity index is 445. The highest BCUT2D eigenvalue weighted by molar-refractivity contribution is 5.81. The minimum absolute atomic E-state index is 0.0387. The van der Waals surface area contributed by atoms with Crippen LogP contribution in [0, 0.1) is 10.1 Å². The molecule has 0 amide bonds. The lowest BCUT2D eigenvalue weighted by atomic mass is 10.0. The lowest BCUT2D eigenvalue weighted by molar-refractivity contribution is -0.385. The second kappa shape index (κ2) is 5.40. The standard InChI is InChI=1S/C11H14N2O4/c1-7(14)9(12-2)5-8-3-4-11(15)10(6-8)13(16)17/h3-4,6,9,12,15H,5H2,1-2H3. The summed E-state index contributed by atoms with van der Waals surface area (Å²) in [4.78, 5) is 21.2. The number of hydrogen-bond donors (Lipinski definition) is 2. The molecule has 1 rings (SSSR count). The van der Waals surface area contributed by atoms with E-state index >= 15 is 0 Å². The first-order valence-electron chi connectivity index (χ1n) is 5.09. The maximum Gasteiger partial charge on any atom is 0.310 e. The molecule has 0 saturated heterocycles. The number of Topliss-reactive ketones (excluding diaryl/α,β-unsaturated/α-hetero) is 1. The number of phenols is 1. The van der Waals surface area contributed by atoms with Gasteiger partial charge >= 0.3 is 5.69 Å². The zero-order chi connectivity index (χ0) is 13.0. The molecule has 1 atom stereocenters. The van der Waals surface area contributed by atoms with Gasteiger partial charge in [-0.05, 0) is 32.0 Å². The van der Waals surface area contributed by atoms with Crippen LogP contribution in [0.25, 0.3) is 0 Å². The van der Waals surface area contributed by atoms with Crippen LogP contribution in [0.1, 0.15) is 12.5 Å². The van der Waals surface area contributed by atoms with E-state index in [1.165, 1.54) is 19.1 Å². The van der Waals surface area contributed by atoms with E-state index in [9.17, 15) is 20.0 Å². The molecule has 0 bridgehead atoms. The van der Waals surface area contributed by atoms with Crippen LogP contribution in [-0.4, -0.2) is 28.9 Å². The van der Waals surface area contributed by atoms with Gasteiger partial charge in [0.2, 0.25) is 0 Å². The van der Waals surface area contributed by atoms with E-state index in [0.29, 0.717) is 12.0 Å². The van der Waals surface area contributed by atoms with Gasteiger partial charge in [-0.3, -0.25) is 14.9 Å². The molecule has 1 aromatic rings. The molecule has 6 nitrogen and oxygen atoms in total. The topological polar surface area (TPSA) is 92.5 Å². The summed E-state index contributed by atoms with van der Waals surface area (Å²) in [6.45, 7) is 1.45. The quantitative estimate of drug-likeness (QED) is 0.590. The van der Waals surface area contributed by atoms with E-state index in [1.54, 1.807) is 13.1 Å². The monoisotopic (exact) mass is 238 g/mol. The van der Waals surface area contributed by atoms with Gasteiger partial charge in [0.1, 0.15) is 5.78 Å². The highest BCUT2D eigenvalue weighted by Crippen LogP contribution is 2.26. The van der Waals surface area contributed by atoms with Crippen LogP contribution in [0.3, 0.4) is 0 Å². The van der Waals surface area contributed by atoms with Crippen LogP contribution in [-0.2, 0) is 11.2 Å². The number of carbonyl (C=O) groups excluding carboxylic acids is 1. The Balaban J connectivity index is 2.96. The number of benzene rings is 1. The molecule has 1 unspecified atom stereocenters. The van der Waals surface area contributed by atoms with E-state index in [0.717, 1.165) is 0 Å². The van der Waals surface area contributed by atoms with Crippen molar-refractivity contribution in [3.8, 4) is 5.75 Å². The Hall–Kier alpha value is -1.95. The van der Waals surface area contributed by atoms with Crippen molar-refractivity contribution in [3.63, 3.8) is 0 Å². The van der Waals surface area contributed by atoms with Gasteiger partial charge in [0.05, 0.1) is 11.0 Å². The lowest BCUT2D eigenvalue weighted by Crippen LogP contribution is -2.34. The van der Waals surface area contributed by atoms with Gasteiger partial charge in [-0.2, -0.15) is 0 Å². The Morgan fingerprint density at radius 3 is 2.71 bits per heavy atom. The van der Waals surface area contributed by atoms with Gasteiger partial charge in [-0.15, -0.1) is 0 Å². The minimum Gasteiger partial charge on any atom is -0.502 e. The molecular weight excluding hydrogens is 224 g/mol. The highest BCUT2D eigenvalue weighted by atomic mass is 16.6. The van der Waals surface area contributed by atoms with Crippen molar-refractivity contribution in [1.82, 2.24) is 5.32 Å². The third-order valence-electron chi connectivity index (χ3n) is 2.52. The average molecular weight is 238 g/mol. The van der Waals surface area contributed by atoms with Crippen molar-refractivity contribution < 1.29 is 14.8 Å². The molecular formula is C11H14N2O4. The predicted molar refractivity (Wildman–Crippen MR) is 62.0 cm³/mol. The fourth-order valence-corrected chi connectivity index (χ4v) is 1.53. The third-order valence-corrected chi connectivity index (χ3v) is 2.52. The average Bonchev–Trinajstić information content (AvgIpc) is 2.27. The number of carbonyl (C=O) groups is 1. The van der Waals surface area contributed by atoms with E-state index in [1.807, 2.05) is 0 Å². The normalized spacial score (nSPS) is 12.1. The number of nitrogens with zero attached hydrogens (tertiary/aromatic N) is 1. The Morgan fingerprint density at radius 1 is 1.59 bits per heavy atom. The summed E-state index contributed by atoms with van der Waals surface area (Å²) in [6.07, 6.45) is 0.354. The number of nitro groups is 1. The zero-order valence-corrected chi connectivity index (χ0v) is 9.64. The molecule has 0 spiro atoms. The molecule has 17 heavy (non-hydrogen) atoms. The van der Waals surface area contributed by atoms with Crippen molar-refractivity contribution in [2.45, 2.75) is 19.4 Å². The van der Waals surface area contributed by atoms with Crippen LogP contribution >= 0.6 is 0 Å². The molecule has 0 aliphatic rings. The Morgan fingerprint density at radius 2 is 2.24 bits per heavy atom. The molecule has 0 aliphatic carbocycles. The number of likely N-dealkylation sites (N-methyl/N-ethyl adjacent to an activating group) is 1. The molecule has 2 N–H and O–H groups in total. The SMILES string of the molecule is CNC(Cc1ccc(O)c([N+](=O)[O-])c1)C(C)=O. The van der Waals surface area contributed by atoms with Crippen LogP contribution in [0.15, 0.2) is 18.2 Å². The number of rotatable bonds is 5. The van der Waals surface area contributed by atoms with Crippen LogP contribution < -0.4 is 5.32 Å².